The van der Waals surface area contributed by atoms with Crippen LogP contribution in [0, 0.1) is 5.92 Å². The van der Waals surface area contributed by atoms with Crippen LogP contribution < -0.4 is 5.32 Å². The number of hydrogen-bond donors (Lipinski definition) is 1. The Morgan fingerprint density at radius 2 is 2.00 bits per heavy atom. The SMILES string of the molecule is CC1CCCCC12NC(=O)N(CN(C)Cc1cnn(Cc3ccccc3)c1)C2=O. The summed E-state index contributed by atoms with van der Waals surface area (Å²) in [6, 6.07) is 9.92. The van der Waals surface area contributed by atoms with Gasteiger partial charge in [0.05, 0.1) is 19.4 Å². The first kappa shape index (κ1) is 19.6. The molecular formula is C22H29N5O2. The summed E-state index contributed by atoms with van der Waals surface area (Å²) >= 11 is 0. The van der Waals surface area contributed by atoms with Crippen LogP contribution >= 0.6 is 0 Å². The lowest BCUT2D eigenvalue weighted by atomic mass is 9.73. The fourth-order valence-corrected chi connectivity index (χ4v) is 4.57. The van der Waals surface area contributed by atoms with Crippen LogP contribution in [0.2, 0.25) is 0 Å². The number of nitrogens with zero attached hydrogens (tertiary/aromatic N) is 4. The van der Waals surface area contributed by atoms with Crippen molar-refractivity contribution in [2.75, 3.05) is 13.7 Å². The average molecular weight is 396 g/mol. The summed E-state index contributed by atoms with van der Waals surface area (Å²) in [4.78, 5) is 29.0. The molecule has 0 bridgehead atoms. The first-order chi connectivity index (χ1) is 14.0. The van der Waals surface area contributed by atoms with E-state index in [-0.39, 0.29) is 24.5 Å². The lowest BCUT2D eigenvalue weighted by Crippen LogP contribution is -2.54. The number of hydrogen-bond acceptors (Lipinski definition) is 4. The monoisotopic (exact) mass is 395 g/mol. The minimum absolute atomic E-state index is 0.0682. The van der Waals surface area contributed by atoms with Crippen molar-refractivity contribution >= 4 is 11.9 Å². The van der Waals surface area contributed by atoms with Crippen molar-refractivity contribution in [2.45, 2.75) is 51.2 Å². The Morgan fingerprint density at radius 1 is 1.21 bits per heavy atom. The smallest absolute Gasteiger partial charge is 0.323 e. The normalized spacial score (nSPS) is 24.5. The molecule has 1 aromatic heterocycles. The molecule has 1 N–H and O–H groups in total. The van der Waals surface area contributed by atoms with Crippen molar-refractivity contribution in [3.8, 4) is 0 Å². The van der Waals surface area contributed by atoms with E-state index in [1.165, 1.54) is 10.5 Å². The van der Waals surface area contributed by atoms with Crippen molar-refractivity contribution < 1.29 is 9.59 Å². The number of rotatable bonds is 6. The highest BCUT2D eigenvalue weighted by Gasteiger charge is 2.54. The van der Waals surface area contributed by atoms with Gasteiger partial charge in [-0.1, -0.05) is 50.1 Å². The van der Waals surface area contributed by atoms with Crippen molar-refractivity contribution in [3.05, 3.63) is 53.9 Å². The van der Waals surface area contributed by atoms with Crippen molar-refractivity contribution in [1.29, 1.82) is 0 Å². The molecule has 2 heterocycles. The fraction of sp³-hybridized carbons (Fsp3) is 0.500. The van der Waals surface area contributed by atoms with Crippen LogP contribution in [0.25, 0.3) is 0 Å². The molecule has 7 nitrogen and oxygen atoms in total. The van der Waals surface area contributed by atoms with Gasteiger partial charge >= 0.3 is 6.03 Å². The fourth-order valence-electron chi connectivity index (χ4n) is 4.57. The molecule has 3 amide bonds. The molecule has 2 atom stereocenters. The number of amides is 3. The number of nitrogens with one attached hydrogen (secondary N) is 1. The van der Waals surface area contributed by atoms with Crippen molar-refractivity contribution in [3.63, 3.8) is 0 Å². The first-order valence-electron chi connectivity index (χ1n) is 10.4. The second-order valence-corrected chi connectivity index (χ2v) is 8.47. The quantitative estimate of drug-likeness (QED) is 0.764. The molecule has 0 radical (unpaired) electrons. The minimum atomic E-state index is -0.698. The van der Waals surface area contributed by atoms with Crippen molar-refractivity contribution in [1.82, 2.24) is 24.9 Å². The minimum Gasteiger partial charge on any atom is -0.323 e. The van der Waals surface area contributed by atoms with Gasteiger partial charge in [-0.05, 0) is 31.4 Å². The van der Waals surface area contributed by atoms with Crippen LogP contribution in [0.4, 0.5) is 4.79 Å². The van der Waals surface area contributed by atoms with Gasteiger partial charge in [-0.25, -0.2) is 9.69 Å². The maximum absolute atomic E-state index is 13.1. The van der Waals surface area contributed by atoms with Crippen LogP contribution in [0.1, 0.15) is 43.7 Å². The first-order valence-corrected chi connectivity index (χ1v) is 10.4. The summed E-state index contributed by atoms with van der Waals surface area (Å²) in [6.07, 6.45) is 7.69. The Balaban J connectivity index is 1.37. The van der Waals surface area contributed by atoms with Crippen LogP contribution in [-0.4, -0.2) is 50.8 Å². The van der Waals surface area contributed by atoms with E-state index in [1.54, 1.807) is 0 Å². The molecule has 2 fully saturated rings. The third-order valence-corrected chi connectivity index (χ3v) is 6.21. The average Bonchev–Trinajstić information content (AvgIpc) is 3.23. The van der Waals surface area contributed by atoms with Crippen molar-refractivity contribution in [2.24, 2.45) is 5.92 Å². The van der Waals surface area contributed by atoms with E-state index in [4.69, 9.17) is 0 Å². The van der Waals surface area contributed by atoms with Gasteiger partial charge in [0.25, 0.3) is 5.91 Å². The molecule has 1 aromatic carbocycles. The van der Waals surface area contributed by atoms with Gasteiger partial charge in [0, 0.05) is 18.3 Å². The van der Waals surface area contributed by atoms with Crippen LogP contribution in [0.15, 0.2) is 42.7 Å². The molecule has 1 saturated heterocycles. The maximum atomic E-state index is 13.1. The highest BCUT2D eigenvalue weighted by Crippen LogP contribution is 2.38. The zero-order chi connectivity index (χ0) is 20.4. The van der Waals surface area contributed by atoms with Crippen LogP contribution in [-0.2, 0) is 17.9 Å². The number of benzene rings is 1. The number of carbonyl (C=O) groups excluding carboxylic acids is 2. The van der Waals surface area contributed by atoms with Crippen LogP contribution in [0.3, 0.4) is 0 Å². The standard InChI is InChI=1S/C22H29N5O2/c1-17-8-6-7-11-22(17)20(28)27(21(29)24-22)16-25(2)13-19-12-23-26(15-19)14-18-9-4-3-5-10-18/h3-5,9-10,12,15,17H,6-8,11,13-14,16H2,1-2H3,(H,24,29). The van der Waals surface area contributed by atoms with E-state index in [0.717, 1.165) is 37.8 Å². The number of aromatic nitrogens is 2. The summed E-state index contributed by atoms with van der Waals surface area (Å²) in [5.74, 6) is 0.112. The molecule has 1 aliphatic carbocycles. The molecule has 154 valence electrons. The molecule has 2 aliphatic rings. The highest BCUT2D eigenvalue weighted by molar-refractivity contribution is 6.07. The molecule has 2 aromatic rings. The molecule has 7 heteroatoms. The van der Waals surface area contributed by atoms with Crippen LogP contribution in [0.5, 0.6) is 0 Å². The maximum Gasteiger partial charge on any atom is 0.326 e. The second kappa shape index (κ2) is 7.99. The lowest BCUT2D eigenvalue weighted by molar-refractivity contribution is -0.135. The van der Waals surface area contributed by atoms with Gasteiger partial charge in [0.15, 0.2) is 0 Å². The van der Waals surface area contributed by atoms with E-state index in [2.05, 4.69) is 29.5 Å². The third-order valence-electron chi connectivity index (χ3n) is 6.21. The van der Waals surface area contributed by atoms with Gasteiger partial charge in [0.2, 0.25) is 0 Å². The van der Waals surface area contributed by atoms with Gasteiger partial charge in [-0.2, -0.15) is 5.10 Å². The highest BCUT2D eigenvalue weighted by atomic mass is 16.2. The Hall–Kier alpha value is -2.67. The van der Waals surface area contributed by atoms with E-state index in [1.807, 2.05) is 47.2 Å². The second-order valence-electron chi connectivity index (χ2n) is 8.47. The molecule has 2 unspecified atom stereocenters. The summed E-state index contributed by atoms with van der Waals surface area (Å²) < 4.78 is 1.91. The predicted molar refractivity (Wildman–Crippen MR) is 110 cm³/mol. The Kier molecular flexibility index (Phi) is 5.41. The Bertz CT molecular complexity index is 880. The largest absolute Gasteiger partial charge is 0.326 e. The molecule has 1 saturated carbocycles. The summed E-state index contributed by atoms with van der Waals surface area (Å²) in [5, 5.41) is 7.45. The zero-order valence-corrected chi connectivity index (χ0v) is 17.2. The van der Waals surface area contributed by atoms with Gasteiger partial charge in [-0.3, -0.25) is 14.4 Å². The number of carbonyl (C=O) groups is 2. The third kappa shape index (κ3) is 3.92. The molecular weight excluding hydrogens is 366 g/mol. The molecule has 29 heavy (non-hydrogen) atoms. The van der Waals surface area contributed by atoms with Gasteiger partial charge in [0.1, 0.15) is 5.54 Å². The molecule has 1 spiro atoms. The topological polar surface area (TPSA) is 70.5 Å². The van der Waals surface area contributed by atoms with Gasteiger partial charge < -0.3 is 5.32 Å². The summed E-state index contributed by atoms with van der Waals surface area (Å²) in [7, 11) is 1.92. The number of urea groups is 1. The lowest BCUT2D eigenvalue weighted by Gasteiger charge is -2.37. The van der Waals surface area contributed by atoms with E-state index in [0.29, 0.717) is 6.54 Å². The Morgan fingerprint density at radius 3 is 2.76 bits per heavy atom. The van der Waals surface area contributed by atoms with E-state index < -0.39 is 5.54 Å². The molecule has 1 aliphatic heterocycles. The Labute approximate surface area is 171 Å². The van der Waals surface area contributed by atoms with E-state index >= 15 is 0 Å². The number of imide groups is 1. The molecule has 4 rings (SSSR count). The summed E-state index contributed by atoms with van der Waals surface area (Å²) in [5.41, 5.74) is 1.55. The van der Waals surface area contributed by atoms with E-state index in [9.17, 15) is 9.59 Å². The zero-order valence-electron chi connectivity index (χ0n) is 17.2. The predicted octanol–water partition coefficient (Wildman–Crippen LogP) is 2.82. The summed E-state index contributed by atoms with van der Waals surface area (Å²) in [6.45, 7) is 3.70. The van der Waals surface area contributed by atoms with Gasteiger partial charge in [-0.15, -0.1) is 0 Å².